The van der Waals surface area contributed by atoms with E-state index >= 15 is 0 Å². The second kappa shape index (κ2) is 10.4. The van der Waals surface area contributed by atoms with E-state index in [9.17, 15) is 14.0 Å². The first kappa shape index (κ1) is 26.5. The molecule has 0 radical (unpaired) electrons. The van der Waals surface area contributed by atoms with Gasteiger partial charge in [0.25, 0.3) is 5.91 Å². The first-order valence-corrected chi connectivity index (χ1v) is 14.5. The molecule has 4 saturated carbocycles. The fourth-order valence-electron chi connectivity index (χ4n) is 7.45. The quantitative estimate of drug-likeness (QED) is 0.476. The number of nitrogens with one attached hydrogen (secondary N) is 3. The van der Waals surface area contributed by atoms with Crippen molar-refractivity contribution in [1.82, 2.24) is 30.7 Å². The largest absolute Gasteiger partial charge is 0.484 e. The standard InChI is InChI=1S/C28H36ClFN6O3/c29-21-7-6-20(11-22(21)30)39-13-24(37)34-27-14-28(15-27,16-27)35-25(38)23-10-19(36-18-31-17-32-36)12-26(33-23)8-4-2-1-3-5-9-26/h6-7,11,17-19,23,33H,1-5,8-10,12-16H2,(H,34,37)(H,35,38). The van der Waals surface area contributed by atoms with Crippen LogP contribution >= 0.6 is 11.6 Å². The molecule has 2 unspecified atom stereocenters. The SMILES string of the molecule is O=C(COc1ccc(Cl)c(F)c1)NC12CC(NC(=O)C3CC(n4cncn4)CC4(CCCCCCC4)N3)(C1)C2. The molecule has 1 saturated heterocycles. The molecule has 1 spiro atoms. The molecule has 1 aromatic carbocycles. The van der Waals surface area contributed by atoms with Gasteiger partial charge in [-0.25, -0.2) is 14.1 Å². The smallest absolute Gasteiger partial charge is 0.258 e. The fourth-order valence-corrected chi connectivity index (χ4v) is 7.57. The van der Waals surface area contributed by atoms with Crippen LogP contribution in [0.1, 0.15) is 83.1 Å². The number of aromatic nitrogens is 3. The molecule has 7 rings (SSSR count). The minimum atomic E-state index is -0.591. The second-order valence-electron chi connectivity index (χ2n) is 12.2. The van der Waals surface area contributed by atoms with E-state index in [2.05, 4.69) is 26.0 Å². The highest BCUT2D eigenvalue weighted by Gasteiger charge is 2.69. The number of hydrogen-bond donors (Lipinski definition) is 3. The van der Waals surface area contributed by atoms with Gasteiger partial charge in [0.15, 0.2) is 6.61 Å². The van der Waals surface area contributed by atoms with Crippen molar-refractivity contribution in [2.24, 2.45) is 0 Å². The van der Waals surface area contributed by atoms with E-state index in [1.165, 1.54) is 44.2 Å². The van der Waals surface area contributed by atoms with E-state index in [0.29, 0.717) is 25.7 Å². The summed E-state index contributed by atoms with van der Waals surface area (Å²) in [7, 11) is 0. The van der Waals surface area contributed by atoms with Gasteiger partial charge in [-0.3, -0.25) is 9.59 Å². The molecule has 39 heavy (non-hydrogen) atoms. The molecule has 3 N–H and O–H groups in total. The highest BCUT2D eigenvalue weighted by molar-refractivity contribution is 6.30. The van der Waals surface area contributed by atoms with Crippen molar-refractivity contribution in [3.8, 4) is 5.75 Å². The third kappa shape index (κ3) is 5.50. The van der Waals surface area contributed by atoms with Crippen molar-refractivity contribution < 1.29 is 18.7 Å². The average molecular weight is 559 g/mol. The second-order valence-corrected chi connectivity index (χ2v) is 12.6. The first-order valence-electron chi connectivity index (χ1n) is 14.1. The summed E-state index contributed by atoms with van der Waals surface area (Å²) in [6.07, 6.45) is 15.4. The number of amides is 2. The molecule has 2 aromatic rings. The number of ether oxygens (including phenoxy) is 1. The number of nitrogens with zero attached hydrogens (tertiary/aromatic N) is 3. The van der Waals surface area contributed by atoms with Gasteiger partial charge in [-0.1, -0.05) is 43.7 Å². The van der Waals surface area contributed by atoms with Gasteiger partial charge >= 0.3 is 0 Å². The Balaban J connectivity index is 1.03. The summed E-state index contributed by atoms with van der Waals surface area (Å²) in [5, 5.41) is 14.6. The maximum Gasteiger partial charge on any atom is 0.258 e. The van der Waals surface area contributed by atoms with Gasteiger partial charge in [0.2, 0.25) is 5.91 Å². The van der Waals surface area contributed by atoms with Crippen LogP contribution in [0.4, 0.5) is 4.39 Å². The van der Waals surface area contributed by atoms with Crippen molar-refractivity contribution in [3.63, 3.8) is 0 Å². The van der Waals surface area contributed by atoms with Crippen LogP contribution in [-0.2, 0) is 9.59 Å². The van der Waals surface area contributed by atoms with Crippen molar-refractivity contribution in [3.05, 3.63) is 41.7 Å². The Morgan fingerprint density at radius 2 is 1.82 bits per heavy atom. The summed E-state index contributed by atoms with van der Waals surface area (Å²) in [5.74, 6) is -0.568. The van der Waals surface area contributed by atoms with Gasteiger partial charge in [0, 0.05) is 22.7 Å². The van der Waals surface area contributed by atoms with E-state index in [0.717, 1.165) is 25.3 Å². The average Bonchev–Trinajstić information content (AvgIpc) is 3.40. The molecule has 2 heterocycles. The Morgan fingerprint density at radius 3 is 2.51 bits per heavy atom. The van der Waals surface area contributed by atoms with Crippen molar-refractivity contribution in [1.29, 1.82) is 0 Å². The van der Waals surface area contributed by atoms with E-state index in [-0.39, 0.29) is 57.9 Å². The molecule has 4 aliphatic carbocycles. The molecule has 2 bridgehead atoms. The van der Waals surface area contributed by atoms with E-state index in [1.807, 2.05) is 4.68 Å². The van der Waals surface area contributed by atoms with Crippen LogP contribution in [0.3, 0.4) is 0 Å². The molecular weight excluding hydrogens is 523 g/mol. The number of hydrogen-bond acceptors (Lipinski definition) is 6. The van der Waals surface area contributed by atoms with Gasteiger partial charge in [-0.15, -0.1) is 0 Å². The van der Waals surface area contributed by atoms with E-state index in [1.54, 1.807) is 12.7 Å². The Labute approximate surface area is 232 Å². The number of carbonyl (C=O) groups excluding carboxylic acids is 2. The summed E-state index contributed by atoms with van der Waals surface area (Å²) in [6, 6.07) is 3.93. The number of rotatable bonds is 7. The van der Waals surface area contributed by atoms with Crippen molar-refractivity contribution in [2.45, 2.75) is 106 Å². The van der Waals surface area contributed by atoms with Crippen LogP contribution in [0.2, 0.25) is 5.02 Å². The lowest BCUT2D eigenvalue weighted by Crippen LogP contribution is -2.84. The maximum absolute atomic E-state index is 13.6. The number of halogens is 2. The van der Waals surface area contributed by atoms with Crippen molar-refractivity contribution in [2.75, 3.05) is 6.61 Å². The molecule has 9 nitrogen and oxygen atoms in total. The Hall–Kier alpha value is -2.72. The predicted octanol–water partition coefficient (Wildman–Crippen LogP) is 3.83. The zero-order valence-corrected chi connectivity index (χ0v) is 22.8. The lowest BCUT2D eigenvalue weighted by molar-refractivity contribution is -0.152. The zero-order valence-electron chi connectivity index (χ0n) is 22.1. The first-order chi connectivity index (χ1) is 18.8. The summed E-state index contributed by atoms with van der Waals surface area (Å²) < 4.78 is 20.9. The minimum Gasteiger partial charge on any atom is -0.484 e. The summed E-state index contributed by atoms with van der Waals surface area (Å²) in [6.45, 7) is -0.208. The zero-order chi connectivity index (χ0) is 27.1. The molecule has 1 aliphatic heterocycles. The molecular formula is C28H36ClFN6O3. The van der Waals surface area contributed by atoms with E-state index < -0.39 is 5.82 Å². The Morgan fingerprint density at radius 1 is 1.10 bits per heavy atom. The van der Waals surface area contributed by atoms with Crippen LogP contribution < -0.4 is 20.7 Å². The third-order valence-corrected chi connectivity index (χ3v) is 9.44. The van der Waals surface area contributed by atoms with Crippen LogP contribution in [0, 0.1) is 5.82 Å². The third-order valence-electron chi connectivity index (χ3n) is 9.14. The highest BCUT2D eigenvalue weighted by Crippen LogP contribution is 2.60. The van der Waals surface area contributed by atoms with Gasteiger partial charge < -0.3 is 20.7 Å². The van der Waals surface area contributed by atoms with Crippen LogP contribution in [-0.4, -0.2) is 55.8 Å². The molecule has 11 heteroatoms. The minimum absolute atomic E-state index is 0.00483. The summed E-state index contributed by atoms with van der Waals surface area (Å²) >= 11 is 5.69. The molecule has 1 aromatic heterocycles. The molecule has 2 amide bonds. The highest BCUT2D eigenvalue weighted by atomic mass is 35.5. The van der Waals surface area contributed by atoms with Crippen LogP contribution in [0.15, 0.2) is 30.9 Å². The molecule has 5 aliphatic rings. The number of piperidine rings is 1. The Bertz CT molecular complexity index is 1200. The fraction of sp³-hybridized carbons (Fsp3) is 0.643. The summed E-state index contributed by atoms with van der Waals surface area (Å²) in [5.41, 5.74) is -0.623. The molecule has 2 atom stereocenters. The van der Waals surface area contributed by atoms with Crippen LogP contribution in [0.5, 0.6) is 5.75 Å². The summed E-state index contributed by atoms with van der Waals surface area (Å²) in [4.78, 5) is 30.2. The van der Waals surface area contributed by atoms with Gasteiger partial charge in [-0.2, -0.15) is 5.10 Å². The lowest BCUT2D eigenvalue weighted by atomic mass is 9.44. The number of carbonyl (C=O) groups is 2. The topological polar surface area (TPSA) is 110 Å². The molecule has 5 fully saturated rings. The lowest BCUT2D eigenvalue weighted by Gasteiger charge is -2.70. The van der Waals surface area contributed by atoms with E-state index in [4.69, 9.17) is 16.3 Å². The normalized spacial score (nSPS) is 31.2. The number of benzene rings is 1. The van der Waals surface area contributed by atoms with Crippen molar-refractivity contribution >= 4 is 23.4 Å². The molecule has 210 valence electrons. The monoisotopic (exact) mass is 558 g/mol. The van der Waals surface area contributed by atoms with Gasteiger partial charge in [-0.05, 0) is 57.1 Å². The predicted molar refractivity (Wildman–Crippen MR) is 143 cm³/mol. The van der Waals surface area contributed by atoms with Gasteiger partial charge in [0.1, 0.15) is 24.2 Å². The maximum atomic E-state index is 13.6. The van der Waals surface area contributed by atoms with Crippen LogP contribution in [0.25, 0.3) is 0 Å². The Kier molecular flexibility index (Phi) is 7.03. The van der Waals surface area contributed by atoms with Gasteiger partial charge in [0.05, 0.1) is 17.1 Å².